The fourth-order valence-corrected chi connectivity index (χ4v) is 9.37. The summed E-state index contributed by atoms with van der Waals surface area (Å²) < 4.78 is 4.70. The van der Waals surface area contributed by atoms with Crippen LogP contribution in [0.3, 0.4) is 0 Å². The Morgan fingerprint density at radius 2 is 0.562 bits per heavy atom. The van der Waals surface area contributed by atoms with E-state index in [9.17, 15) is 0 Å². The SMILES string of the molecule is c1ccc(N(c2ccc(-n3c4ccccc4c4ccccc43)cc2)c2cncc(-c3cncc(N(c4ccccc4)c4ccc(-n5c6ccccc6c6ccccc65)cc4)c3)c2)cc1. The highest BCUT2D eigenvalue weighted by atomic mass is 15.2. The number of para-hydroxylation sites is 6. The normalized spacial score (nSPS) is 11.4. The van der Waals surface area contributed by atoms with Gasteiger partial charge in [-0.1, -0.05) is 109 Å². The van der Waals surface area contributed by atoms with Crippen molar-refractivity contribution < 1.29 is 0 Å². The third-order valence-corrected chi connectivity index (χ3v) is 12.2. The first-order valence-corrected chi connectivity index (χ1v) is 21.5. The molecular weight excluding hydrogens is 781 g/mol. The Bertz CT molecular complexity index is 3260. The van der Waals surface area contributed by atoms with Gasteiger partial charge in [0.05, 0.1) is 45.8 Å². The van der Waals surface area contributed by atoms with Gasteiger partial charge in [0.1, 0.15) is 0 Å². The van der Waals surface area contributed by atoms with Crippen LogP contribution in [0.5, 0.6) is 0 Å². The smallest absolute Gasteiger partial charge is 0.0651 e. The second kappa shape index (κ2) is 15.6. The first kappa shape index (κ1) is 37.1. The second-order valence-electron chi connectivity index (χ2n) is 16.0. The maximum absolute atomic E-state index is 4.84. The molecule has 4 heterocycles. The summed E-state index contributed by atoms with van der Waals surface area (Å²) in [5.41, 5.74) is 14.9. The lowest BCUT2D eigenvalue weighted by atomic mass is 10.1. The number of hydrogen-bond donors (Lipinski definition) is 0. The largest absolute Gasteiger partial charge is 0.309 e. The lowest BCUT2D eigenvalue weighted by Crippen LogP contribution is -2.11. The third-order valence-electron chi connectivity index (χ3n) is 12.2. The topological polar surface area (TPSA) is 42.1 Å². The summed E-state index contributed by atoms with van der Waals surface area (Å²) in [4.78, 5) is 14.2. The molecule has 6 heteroatoms. The molecule has 0 unspecified atom stereocenters. The van der Waals surface area contributed by atoms with E-state index in [1.807, 2.05) is 24.8 Å². The first-order valence-electron chi connectivity index (χ1n) is 21.5. The minimum Gasteiger partial charge on any atom is -0.309 e. The fourth-order valence-electron chi connectivity index (χ4n) is 9.37. The van der Waals surface area contributed by atoms with Crippen LogP contribution in [0.2, 0.25) is 0 Å². The van der Waals surface area contributed by atoms with Crippen LogP contribution in [0.25, 0.3) is 66.1 Å². The summed E-state index contributed by atoms with van der Waals surface area (Å²) in [6.07, 6.45) is 7.71. The van der Waals surface area contributed by atoms with Crippen molar-refractivity contribution >= 4 is 77.7 Å². The minimum atomic E-state index is 0.944. The number of pyridine rings is 2. The van der Waals surface area contributed by atoms with Crippen LogP contribution in [0.15, 0.2) is 243 Å². The van der Waals surface area contributed by atoms with Crippen LogP contribution >= 0.6 is 0 Å². The number of benzene rings is 8. The molecule has 0 atom stereocenters. The molecule has 0 radical (unpaired) electrons. The van der Waals surface area contributed by atoms with Gasteiger partial charge in [-0.2, -0.15) is 0 Å². The van der Waals surface area contributed by atoms with Crippen molar-refractivity contribution in [1.82, 2.24) is 19.1 Å². The molecule has 64 heavy (non-hydrogen) atoms. The molecule has 0 amide bonds. The molecule has 12 rings (SSSR count). The average Bonchev–Trinajstić information content (AvgIpc) is 3.89. The fraction of sp³-hybridized carbons (Fsp3) is 0. The molecule has 0 aliphatic carbocycles. The van der Waals surface area contributed by atoms with Gasteiger partial charge in [0.2, 0.25) is 0 Å². The van der Waals surface area contributed by atoms with Crippen molar-refractivity contribution in [3.05, 3.63) is 243 Å². The van der Waals surface area contributed by atoms with Crippen molar-refractivity contribution in [2.24, 2.45) is 0 Å². The van der Waals surface area contributed by atoms with Crippen LogP contribution in [0.1, 0.15) is 0 Å². The maximum Gasteiger partial charge on any atom is 0.0651 e. The van der Waals surface area contributed by atoms with Crippen LogP contribution < -0.4 is 9.80 Å². The average molecular weight is 821 g/mol. The number of nitrogens with zero attached hydrogens (tertiary/aromatic N) is 6. The Balaban J connectivity index is 0.912. The van der Waals surface area contributed by atoms with E-state index in [-0.39, 0.29) is 0 Å². The van der Waals surface area contributed by atoms with Gasteiger partial charge in [-0.3, -0.25) is 9.97 Å². The zero-order chi connectivity index (χ0) is 42.4. The molecule has 302 valence electrons. The summed E-state index contributed by atoms with van der Waals surface area (Å²) in [6.45, 7) is 0. The molecule has 0 aliphatic rings. The Labute approximate surface area is 370 Å². The Morgan fingerprint density at radius 3 is 0.906 bits per heavy atom. The van der Waals surface area contributed by atoms with Crippen LogP contribution in [-0.4, -0.2) is 19.1 Å². The molecule has 8 aromatic carbocycles. The van der Waals surface area contributed by atoms with Crippen LogP contribution in [-0.2, 0) is 0 Å². The van der Waals surface area contributed by atoms with E-state index in [0.717, 1.165) is 56.6 Å². The van der Waals surface area contributed by atoms with Gasteiger partial charge >= 0.3 is 0 Å². The molecule has 0 saturated carbocycles. The quantitative estimate of drug-likeness (QED) is 0.145. The van der Waals surface area contributed by atoms with E-state index in [1.165, 1.54) is 43.6 Å². The van der Waals surface area contributed by atoms with Crippen molar-refractivity contribution in [1.29, 1.82) is 0 Å². The van der Waals surface area contributed by atoms with Crippen molar-refractivity contribution in [3.8, 4) is 22.5 Å². The number of hydrogen-bond acceptors (Lipinski definition) is 4. The predicted molar refractivity (Wildman–Crippen MR) is 266 cm³/mol. The highest BCUT2D eigenvalue weighted by Gasteiger charge is 2.19. The van der Waals surface area contributed by atoms with Gasteiger partial charge in [0, 0.05) is 79.2 Å². The van der Waals surface area contributed by atoms with E-state index < -0.39 is 0 Å². The van der Waals surface area contributed by atoms with E-state index in [2.05, 4.69) is 237 Å². The van der Waals surface area contributed by atoms with Crippen LogP contribution in [0.4, 0.5) is 34.1 Å². The second-order valence-corrected chi connectivity index (χ2v) is 16.0. The molecule has 0 spiro atoms. The maximum atomic E-state index is 4.84. The van der Waals surface area contributed by atoms with Gasteiger partial charge < -0.3 is 18.9 Å². The first-order chi connectivity index (χ1) is 31.8. The molecule has 0 aliphatic heterocycles. The Kier molecular flexibility index (Phi) is 9.05. The summed E-state index contributed by atoms with van der Waals surface area (Å²) in [6, 6.07) is 77.5. The molecule has 0 N–H and O–H groups in total. The number of anilines is 6. The lowest BCUT2D eigenvalue weighted by molar-refractivity contribution is 1.17. The Hall–Kier alpha value is -8.74. The van der Waals surface area contributed by atoms with E-state index in [0.29, 0.717) is 0 Å². The molecular formula is C58H40N6. The highest BCUT2D eigenvalue weighted by molar-refractivity contribution is 6.10. The summed E-state index contributed by atoms with van der Waals surface area (Å²) in [7, 11) is 0. The molecule has 6 nitrogen and oxygen atoms in total. The summed E-state index contributed by atoms with van der Waals surface area (Å²) in [5, 5.41) is 4.98. The van der Waals surface area contributed by atoms with Gasteiger partial charge in [0.15, 0.2) is 0 Å². The predicted octanol–water partition coefficient (Wildman–Crippen LogP) is 15.3. The number of rotatable bonds is 9. The van der Waals surface area contributed by atoms with Gasteiger partial charge in [0.25, 0.3) is 0 Å². The van der Waals surface area contributed by atoms with Gasteiger partial charge in [-0.15, -0.1) is 0 Å². The van der Waals surface area contributed by atoms with Crippen molar-refractivity contribution in [2.75, 3.05) is 9.80 Å². The summed E-state index contributed by atoms with van der Waals surface area (Å²) in [5.74, 6) is 0. The van der Waals surface area contributed by atoms with Crippen molar-refractivity contribution in [2.45, 2.75) is 0 Å². The van der Waals surface area contributed by atoms with Crippen LogP contribution in [0, 0.1) is 0 Å². The highest BCUT2D eigenvalue weighted by Crippen LogP contribution is 2.41. The molecule has 12 aromatic rings. The van der Waals surface area contributed by atoms with Crippen molar-refractivity contribution in [3.63, 3.8) is 0 Å². The molecule has 0 saturated heterocycles. The lowest BCUT2D eigenvalue weighted by Gasteiger charge is -2.26. The molecule has 4 aromatic heterocycles. The third kappa shape index (κ3) is 6.36. The van der Waals surface area contributed by atoms with Gasteiger partial charge in [-0.25, -0.2) is 0 Å². The van der Waals surface area contributed by atoms with E-state index in [4.69, 9.17) is 9.97 Å². The van der Waals surface area contributed by atoms with E-state index >= 15 is 0 Å². The van der Waals surface area contributed by atoms with E-state index in [1.54, 1.807) is 0 Å². The number of fused-ring (bicyclic) bond motifs is 6. The monoisotopic (exact) mass is 820 g/mol. The Morgan fingerprint density at radius 1 is 0.266 bits per heavy atom. The van der Waals surface area contributed by atoms with Gasteiger partial charge in [-0.05, 0) is 109 Å². The minimum absolute atomic E-state index is 0.944. The summed E-state index contributed by atoms with van der Waals surface area (Å²) >= 11 is 0. The number of aromatic nitrogens is 4. The zero-order valence-corrected chi connectivity index (χ0v) is 34.8. The standard InChI is InChI=1S/C58H40N6/c1-3-15-43(16-4-1)61(45-27-31-47(32-28-45)63-55-23-11-7-19-51(55)52-20-8-12-24-56(52)63)49-35-41(37-59-39-49)42-36-50(40-60-38-42)62(44-17-5-2-6-18-44)46-29-33-48(34-30-46)64-57-25-13-9-21-53(57)54-22-10-14-26-58(54)64/h1-40H. The zero-order valence-electron chi connectivity index (χ0n) is 34.8. The molecule has 0 fully saturated rings. The molecule has 0 bridgehead atoms.